The van der Waals surface area contributed by atoms with Gasteiger partial charge in [0.2, 0.25) is 0 Å². The zero-order valence-electron chi connectivity index (χ0n) is 12.1. The third kappa shape index (κ3) is 4.14. The minimum atomic E-state index is -1.45. The van der Waals surface area contributed by atoms with Gasteiger partial charge in [-0.3, -0.25) is 0 Å². The maximum absolute atomic E-state index is 13.2. The predicted octanol–water partition coefficient (Wildman–Crippen LogP) is 3.32. The van der Waals surface area contributed by atoms with Crippen molar-refractivity contribution in [2.75, 3.05) is 12.4 Å². The fourth-order valence-corrected chi connectivity index (χ4v) is 1.84. The van der Waals surface area contributed by atoms with Crippen LogP contribution < -0.4 is 5.32 Å². The molecule has 0 saturated heterocycles. The number of carboxylic acids is 1. The zero-order valence-corrected chi connectivity index (χ0v) is 12.1. The van der Waals surface area contributed by atoms with E-state index in [0.717, 1.165) is 12.8 Å². The molecule has 1 rings (SSSR count). The Morgan fingerprint density at radius 2 is 1.90 bits per heavy atom. The molecule has 0 aromatic heterocycles. The molecule has 0 saturated carbocycles. The van der Waals surface area contributed by atoms with Crippen LogP contribution in [0, 0.1) is 11.6 Å². The second-order valence-corrected chi connectivity index (χ2v) is 4.80. The second-order valence-electron chi connectivity index (χ2n) is 4.80. The van der Waals surface area contributed by atoms with Gasteiger partial charge in [-0.05, 0) is 19.4 Å². The smallest absolute Gasteiger partial charge is 0.337 e. The number of carbonyl (C=O) groups is 2. The first kappa shape index (κ1) is 16.9. The summed E-state index contributed by atoms with van der Waals surface area (Å²) in [5.41, 5.74) is -0.777. The van der Waals surface area contributed by atoms with Crippen LogP contribution in [0.15, 0.2) is 12.1 Å². The molecule has 21 heavy (non-hydrogen) atoms. The van der Waals surface area contributed by atoms with E-state index in [1.807, 2.05) is 13.8 Å². The number of benzene rings is 1. The number of rotatable bonds is 5. The molecule has 2 amide bonds. The first-order valence-electron chi connectivity index (χ1n) is 6.54. The summed E-state index contributed by atoms with van der Waals surface area (Å²) < 4.78 is 26.3. The highest BCUT2D eigenvalue weighted by molar-refractivity contribution is 6.00. The van der Waals surface area contributed by atoms with Gasteiger partial charge in [0, 0.05) is 19.2 Å². The van der Waals surface area contributed by atoms with Crippen molar-refractivity contribution in [3.8, 4) is 0 Å². The lowest BCUT2D eigenvalue weighted by molar-refractivity contribution is 0.0697. The monoisotopic (exact) mass is 300 g/mol. The summed E-state index contributed by atoms with van der Waals surface area (Å²) in [5.74, 6) is -3.95. The van der Waals surface area contributed by atoms with Crippen LogP contribution in [-0.2, 0) is 0 Å². The van der Waals surface area contributed by atoms with Crippen molar-refractivity contribution in [1.29, 1.82) is 0 Å². The number of carboxylic acid groups (broad SMARTS) is 1. The highest BCUT2D eigenvalue weighted by Gasteiger charge is 2.20. The van der Waals surface area contributed by atoms with E-state index in [1.165, 1.54) is 4.90 Å². The van der Waals surface area contributed by atoms with E-state index >= 15 is 0 Å². The number of nitrogens with one attached hydrogen (secondary N) is 1. The summed E-state index contributed by atoms with van der Waals surface area (Å²) >= 11 is 0. The Morgan fingerprint density at radius 3 is 2.43 bits per heavy atom. The molecule has 1 aromatic carbocycles. The van der Waals surface area contributed by atoms with Crippen molar-refractivity contribution < 1.29 is 23.5 Å². The van der Waals surface area contributed by atoms with E-state index in [2.05, 4.69) is 5.32 Å². The van der Waals surface area contributed by atoms with Gasteiger partial charge < -0.3 is 15.3 Å². The number of hydrogen-bond donors (Lipinski definition) is 2. The topological polar surface area (TPSA) is 69.6 Å². The van der Waals surface area contributed by atoms with Crippen molar-refractivity contribution in [2.45, 2.75) is 32.7 Å². The van der Waals surface area contributed by atoms with Crippen molar-refractivity contribution in [3.05, 3.63) is 29.3 Å². The first-order chi connectivity index (χ1) is 9.77. The lowest BCUT2D eigenvalue weighted by Crippen LogP contribution is -2.38. The van der Waals surface area contributed by atoms with Crippen molar-refractivity contribution in [2.24, 2.45) is 0 Å². The van der Waals surface area contributed by atoms with Gasteiger partial charge in [0.15, 0.2) is 11.6 Å². The summed E-state index contributed by atoms with van der Waals surface area (Å²) in [4.78, 5) is 24.4. The normalized spacial score (nSPS) is 11.9. The Kier molecular flexibility index (Phi) is 5.63. The Morgan fingerprint density at radius 1 is 1.33 bits per heavy atom. The second kappa shape index (κ2) is 7.01. The van der Waals surface area contributed by atoms with Gasteiger partial charge in [-0.1, -0.05) is 13.3 Å². The molecule has 1 aromatic rings. The Balaban J connectivity index is 2.99. The molecule has 1 unspecified atom stereocenters. The maximum Gasteiger partial charge on any atom is 0.337 e. The largest absolute Gasteiger partial charge is 0.478 e. The molecular weight excluding hydrogens is 282 g/mol. The molecule has 116 valence electrons. The summed E-state index contributed by atoms with van der Waals surface area (Å²) in [5, 5.41) is 11.3. The van der Waals surface area contributed by atoms with Crippen molar-refractivity contribution in [1.82, 2.24) is 4.90 Å². The third-order valence-corrected chi connectivity index (χ3v) is 3.22. The summed E-state index contributed by atoms with van der Waals surface area (Å²) in [6, 6.07) is 0.565. The van der Waals surface area contributed by atoms with Crippen molar-refractivity contribution in [3.63, 3.8) is 0 Å². The average molecular weight is 300 g/mol. The van der Waals surface area contributed by atoms with Gasteiger partial charge in [0.1, 0.15) is 0 Å². The molecule has 7 heteroatoms. The number of amides is 2. The van der Waals surface area contributed by atoms with E-state index in [9.17, 15) is 18.4 Å². The Bertz CT molecular complexity index is 549. The summed E-state index contributed by atoms with van der Waals surface area (Å²) in [6.07, 6.45) is 1.65. The first-order valence-corrected chi connectivity index (χ1v) is 6.54. The van der Waals surface area contributed by atoms with Gasteiger partial charge in [-0.15, -0.1) is 0 Å². The Labute approximate surface area is 121 Å². The quantitative estimate of drug-likeness (QED) is 0.876. The fourth-order valence-electron chi connectivity index (χ4n) is 1.84. The molecule has 0 bridgehead atoms. The number of carbonyl (C=O) groups excluding carboxylic acids is 1. The fraction of sp³-hybridized carbons (Fsp3) is 0.429. The molecule has 0 fully saturated rings. The van der Waals surface area contributed by atoms with Gasteiger partial charge in [-0.2, -0.15) is 0 Å². The number of halogens is 2. The predicted molar refractivity (Wildman–Crippen MR) is 74.5 cm³/mol. The molecule has 0 heterocycles. The molecule has 0 aliphatic heterocycles. The third-order valence-electron chi connectivity index (χ3n) is 3.22. The molecule has 0 spiro atoms. The maximum atomic E-state index is 13.2. The van der Waals surface area contributed by atoms with Gasteiger partial charge in [-0.25, -0.2) is 18.4 Å². The van der Waals surface area contributed by atoms with Crippen LogP contribution in [0.25, 0.3) is 0 Å². The minimum absolute atomic E-state index is 0.0615. The van der Waals surface area contributed by atoms with Crippen LogP contribution in [0.2, 0.25) is 0 Å². The molecule has 0 aliphatic rings. The molecule has 0 radical (unpaired) electrons. The molecular formula is C14H18F2N2O3. The highest BCUT2D eigenvalue weighted by atomic mass is 19.2. The van der Waals surface area contributed by atoms with Crippen LogP contribution >= 0.6 is 0 Å². The van der Waals surface area contributed by atoms with Gasteiger partial charge >= 0.3 is 12.0 Å². The number of urea groups is 1. The van der Waals surface area contributed by atoms with Crippen LogP contribution in [0.4, 0.5) is 19.3 Å². The van der Waals surface area contributed by atoms with E-state index in [1.54, 1.807) is 7.05 Å². The highest BCUT2D eigenvalue weighted by Crippen LogP contribution is 2.21. The lowest BCUT2D eigenvalue weighted by Gasteiger charge is -2.25. The van der Waals surface area contributed by atoms with E-state index < -0.39 is 29.2 Å². The molecule has 5 nitrogen and oxygen atoms in total. The summed E-state index contributed by atoms with van der Waals surface area (Å²) in [7, 11) is 1.55. The molecule has 1 atom stereocenters. The summed E-state index contributed by atoms with van der Waals surface area (Å²) in [6.45, 7) is 3.81. The SMILES string of the molecule is CCCC(C)N(C)C(=O)Nc1cc(F)c(F)cc1C(=O)O. The average Bonchev–Trinajstić information content (AvgIpc) is 2.41. The number of hydrogen-bond acceptors (Lipinski definition) is 2. The molecule has 0 aliphatic carbocycles. The van der Waals surface area contributed by atoms with Crippen molar-refractivity contribution >= 4 is 17.7 Å². The van der Waals surface area contributed by atoms with Crippen LogP contribution in [0.5, 0.6) is 0 Å². The minimum Gasteiger partial charge on any atom is -0.478 e. The number of aromatic carboxylic acids is 1. The van der Waals surface area contributed by atoms with E-state index in [4.69, 9.17) is 5.11 Å². The van der Waals surface area contributed by atoms with Gasteiger partial charge in [0.25, 0.3) is 0 Å². The van der Waals surface area contributed by atoms with E-state index in [0.29, 0.717) is 12.1 Å². The van der Waals surface area contributed by atoms with Crippen LogP contribution in [0.3, 0.4) is 0 Å². The Hall–Kier alpha value is -2.18. The van der Waals surface area contributed by atoms with Crippen LogP contribution in [-0.4, -0.2) is 35.1 Å². The van der Waals surface area contributed by atoms with Crippen LogP contribution in [0.1, 0.15) is 37.0 Å². The number of anilines is 1. The standard InChI is InChI=1S/C14H18F2N2O3/c1-4-5-8(2)18(3)14(21)17-12-7-11(16)10(15)6-9(12)13(19)20/h6-8H,4-5H2,1-3H3,(H,17,21)(H,19,20). The van der Waals surface area contributed by atoms with Gasteiger partial charge in [0.05, 0.1) is 11.3 Å². The zero-order chi connectivity index (χ0) is 16.2. The number of nitrogens with zero attached hydrogens (tertiary/aromatic N) is 1. The lowest BCUT2D eigenvalue weighted by atomic mass is 10.1. The van der Waals surface area contributed by atoms with E-state index in [-0.39, 0.29) is 11.7 Å². The molecule has 2 N–H and O–H groups in total.